The fourth-order valence-corrected chi connectivity index (χ4v) is 2.42. The molecular formula is C15H22F2N2O. The van der Waals surface area contributed by atoms with Crippen LogP contribution >= 0.6 is 0 Å². The Bertz CT molecular complexity index is 426. The first-order valence-corrected chi connectivity index (χ1v) is 7.04. The third-order valence-electron chi connectivity index (χ3n) is 3.86. The van der Waals surface area contributed by atoms with Gasteiger partial charge in [-0.05, 0) is 37.0 Å². The van der Waals surface area contributed by atoms with Gasteiger partial charge in [0.1, 0.15) is 17.3 Å². The van der Waals surface area contributed by atoms with Gasteiger partial charge in [-0.3, -0.25) is 0 Å². The van der Waals surface area contributed by atoms with Crippen molar-refractivity contribution in [1.29, 1.82) is 0 Å². The molecule has 3 nitrogen and oxygen atoms in total. The molecule has 1 fully saturated rings. The highest BCUT2D eigenvalue weighted by Crippen LogP contribution is 2.32. The minimum atomic E-state index is -0.483. The molecule has 0 heterocycles. The number of halogens is 2. The largest absolute Gasteiger partial charge is 0.383 e. The number of methoxy groups -OCH3 is 1. The molecule has 1 aliphatic carbocycles. The summed E-state index contributed by atoms with van der Waals surface area (Å²) in [4.78, 5) is 1.73. The van der Waals surface area contributed by atoms with Crippen molar-refractivity contribution in [3.8, 4) is 0 Å². The topological polar surface area (TPSA) is 24.5 Å². The standard InChI is InChI=1S/C15H22F2N2O/c1-19(12-4-3-5-12)15-13(16)8-11(9-14(15)17)10-18-6-7-20-2/h8-9,12,18H,3-7,10H2,1-2H3. The Morgan fingerprint density at radius 1 is 1.30 bits per heavy atom. The van der Waals surface area contributed by atoms with Crippen molar-refractivity contribution in [1.82, 2.24) is 5.32 Å². The van der Waals surface area contributed by atoms with Gasteiger partial charge in [0.2, 0.25) is 0 Å². The van der Waals surface area contributed by atoms with Gasteiger partial charge >= 0.3 is 0 Å². The van der Waals surface area contributed by atoms with Crippen LogP contribution in [-0.2, 0) is 11.3 Å². The molecule has 0 saturated heterocycles. The van der Waals surface area contributed by atoms with E-state index in [2.05, 4.69) is 5.32 Å². The average Bonchev–Trinajstić information content (AvgIpc) is 2.31. The second-order valence-electron chi connectivity index (χ2n) is 5.27. The van der Waals surface area contributed by atoms with Gasteiger partial charge < -0.3 is 15.0 Å². The van der Waals surface area contributed by atoms with E-state index in [0.29, 0.717) is 25.3 Å². The summed E-state index contributed by atoms with van der Waals surface area (Å²) in [6.07, 6.45) is 3.16. The van der Waals surface area contributed by atoms with Gasteiger partial charge in [0.25, 0.3) is 0 Å². The smallest absolute Gasteiger partial charge is 0.149 e. The molecule has 112 valence electrons. The number of anilines is 1. The van der Waals surface area contributed by atoms with Gasteiger partial charge in [-0.2, -0.15) is 0 Å². The maximum Gasteiger partial charge on any atom is 0.149 e. The highest BCUT2D eigenvalue weighted by Gasteiger charge is 2.26. The molecule has 0 amide bonds. The van der Waals surface area contributed by atoms with E-state index in [1.165, 1.54) is 12.1 Å². The quantitative estimate of drug-likeness (QED) is 0.779. The molecule has 0 unspecified atom stereocenters. The van der Waals surface area contributed by atoms with E-state index in [4.69, 9.17) is 4.74 Å². The Hall–Kier alpha value is -1.20. The van der Waals surface area contributed by atoms with Crippen molar-refractivity contribution in [2.24, 2.45) is 0 Å². The second-order valence-corrected chi connectivity index (χ2v) is 5.27. The fourth-order valence-electron chi connectivity index (χ4n) is 2.42. The van der Waals surface area contributed by atoms with Gasteiger partial charge in [-0.25, -0.2) is 8.78 Å². The Morgan fingerprint density at radius 2 is 1.95 bits per heavy atom. The summed E-state index contributed by atoms with van der Waals surface area (Å²) in [5, 5.41) is 3.08. The molecule has 0 radical (unpaired) electrons. The van der Waals surface area contributed by atoms with E-state index in [1.54, 1.807) is 19.1 Å². The zero-order chi connectivity index (χ0) is 14.5. The SMILES string of the molecule is COCCNCc1cc(F)c(N(C)C2CCC2)c(F)c1. The third kappa shape index (κ3) is 3.46. The van der Waals surface area contributed by atoms with E-state index in [9.17, 15) is 8.78 Å². The van der Waals surface area contributed by atoms with Crippen molar-refractivity contribution in [2.75, 3.05) is 32.2 Å². The molecule has 1 aliphatic rings. The molecule has 5 heteroatoms. The molecule has 0 spiro atoms. The van der Waals surface area contributed by atoms with Gasteiger partial charge in [-0.1, -0.05) is 0 Å². The lowest BCUT2D eigenvalue weighted by Gasteiger charge is -2.36. The molecule has 20 heavy (non-hydrogen) atoms. The number of hydrogen-bond acceptors (Lipinski definition) is 3. The maximum absolute atomic E-state index is 14.1. The number of rotatable bonds is 7. The zero-order valence-electron chi connectivity index (χ0n) is 12.1. The molecule has 0 atom stereocenters. The van der Waals surface area contributed by atoms with E-state index in [-0.39, 0.29) is 11.7 Å². The van der Waals surface area contributed by atoms with Gasteiger partial charge in [0.05, 0.1) is 6.61 Å². The Labute approximate surface area is 118 Å². The van der Waals surface area contributed by atoms with E-state index in [0.717, 1.165) is 19.3 Å². The molecule has 2 rings (SSSR count). The second kappa shape index (κ2) is 6.99. The van der Waals surface area contributed by atoms with Crippen molar-refractivity contribution in [3.63, 3.8) is 0 Å². The number of benzene rings is 1. The molecule has 1 aromatic rings. The van der Waals surface area contributed by atoms with E-state index in [1.807, 2.05) is 0 Å². The van der Waals surface area contributed by atoms with E-state index >= 15 is 0 Å². The fraction of sp³-hybridized carbons (Fsp3) is 0.600. The van der Waals surface area contributed by atoms with E-state index < -0.39 is 11.6 Å². The van der Waals surface area contributed by atoms with Crippen molar-refractivity contribution in [3.05, 3.63) is 29.3 Å². The first-order valence-electron chi connectivity index (χ1n) is 7.04. The highest BCUT2D eigenvalue weighted by molar-refractivity contribution is 5.51. The highest BCUT2D eigenvalue weighted by atomic mass is 19.1. The Kier molecular flexibility index (Phi) is 5.31. The summed E-state index contributed by atoms with van der Waals surface area (Å²) in [6.45, 7) is 1.67. The van der Waals surface area contributed by atoms with Crippen LogP contribution < -0.4 is 10.2 Å². The number of ether oxygens (including phenoxy) is 1. The number of nitrogens with zero attached hydrogens (tertiary/aromatic N) is 1. The molecule has 1 saturated carbocycles. The van der Waals surface area contributed by atoms with Crippen molar-refractivity contribution in [2.45, 2.75) is 31.8 Å². The molecule has 0 bridgehead atoms. The van der Waals surface area contributed by atoms with Crippen LogP contribution in [0.5, 0.6) is 0 Å². The van der Waals surface area contributed by atoms with Crippen LogP contribution in [0.4, 0.5) is 14.5 Å². The lowest BCUT2D eigenvalue weighted by atomic mass is 9.91. The zero-order valence-corrected chi connectivity index (χ0v) is 12.1. The first-order chi connectivity index (χ1) is 9.63. The Morgan fingerprint density at radius 3 is 2.45 bits per heavy atom. The lowest BCUT2D eigenvalue weighted by molar-refractivity contribution is 0.199. The molecular weight excluding hydrogens is 262 g/mol. The lowest BCUT2D eigenvalue weighted by Crippen LogP contribution is -2.38. The predicted octanol–water partition coefficient (Wildman–Crippen LogP) is 2.69. The molecule has 1 aromatic carbocycles. The van der Waals surface area contributed by atoms with Crippen LogP contribution in [0.25, 0.3) is 0 Å². The predicted molar refractivity (Wildman–Crippen MR) is 76.0 cm³/mol. The van der Waals surface area contributed by atoms with Crippen LogP contribution in [0.15, 0.2) is 12.1 Å². The van der Waals surface area contributed by atoms with Crippen LogP contribution in [0.2, 0.25) is 0 Å². The summed E-state index contributed by atoms with van der Waals surface area (Å²) in [6, 6.07) is 3.09. The Balaban J connectivity index is 2.03. The minimum Gasteiger partial charge on any atom is -0.383 e. The number of hydrogen-bond donors (Lipinski definition) is 1. The summed E-state index contributed by atoms with van der Waals surface area (Å²) < 4.78 is 33.2. The van der Waals surface area contributed by atoms with Crippen LogP contribution in [0, 0.1) is 11.6 Å². The monoisotopic (exact) mass is 284 g/mol. The summed E-state index contributed by atoms with van der Waals surface area (Å²) in [7, 11) is 3.38. The van der Waals surface area contributed by atoms with Crippen molar-refractivity contribution < 1.29 is 13.5 Å². The first kappa shape index (κ1) is 15.2. The van der Waals surface area contributed by atoms with Crippen LogP contribution in [0.3, 0.4) is 0 Å². The summed E-state index contributed by atoms with van der Waals surface area (Å²) in [5.74, 6) is -0.967. The summed E-state index contributed by atoms with van der Waals surface area (Å²) in [5.41, 5.74) is 0.706. The van der Waals surface area contributed by atoms with Gasteiger partial charge in [0, 0.05) is 33.3 Å². The van der Waals surface area contributed by atoms with Gasteiger partial charge in [-0.15, -0.1) is 0 Å². The molecule has 0 aromatic heterocycles. The summed E-state index contributed by atoms with van der Waals surface area (Å²) >= 11 is 0. The molecule has 0 aliphatic heterocycles. The maximum atomic E-state index is 14.1. The third-order valence-corrected chi connectivity index (χ3v) is 3.86. The van der Waals surface area contributed by atoms with Crippen LogP contribution in [0.1, 0.15) is 24.8 Å². The molecule has 1 N–H and O–H groups in total. The minimum absolute atomic E-state index is 0.0929. The number of nitrogens with one attached hydrogen (secondary N) is 1. The van der Waals surface area contributed by atoms with Gasteiger partial charge in [0.15, 0.2) is 0 Å². The van der Waals surface area contributed by atoms with Crippen LogP contribution in [-0.4, -0.2) is 33.4 Å². The normalized spacial score (nSPS) is 15.2. The average molecular weight is 284 g/mol. The van der Waals surface area contributed by atoms with Crippen molar-refractivity contribution >= 4 is 5.69 Å².